The molecular weight excluding hydrogens is 304 g/mol. The van der Waals surface area contributed by atoms with Crippen molar-refractivity contribution in [1.29, 1.82) is 0 Å². The molecular formula is C18H24N4O2. The zero-order valence-electron chi connectivity index (χ0n) is 14.4. The summed E-state index contributed by atoms with van der Waals surface area (Å²) in [7, 11) is 3.66. The first-order chi connectivity index (χ1) is 11.6. The van der Waals surface area contributed by atoms with Crippen LogP contribution in [0.25, 0.3) is 0 Å². The number of hydrogen-bond acceptors (Lipinski definition) is 4. The Balaban J connectivity index is 0.000000141. The summed E-state index contributed by atoms with van der Waals surface area (Å²) in [6.07, 6.45) is 11.7. The molecule has 4 rings (SSSR count). The van der Waals surface area contributed by atoms with Gasteiger partial charge in [0.1, 0.15) is 0 Å². The summed E-state index contributed by atoms with van der Waals surface area (Å²) in [5.41, 5.74) is 4.51. The van der Waals surface area contributed by atoms with Crippen molar-refractivity contribution in [1.82, 2.24) is 19.1 Å². The molecule has 128 valence electrons. The Bertz CT molecular complexity index is 780. The van der Waals surface area contributed by atoms with Gasteiger partial charge in [-0.05, 0) is 51.4 Å². The largest absolute Gasteiger partial charge is 0.313 e. The normalized spacial score (nSPS) is 15.8. The lowest BCUT2D eigenvalue weighted by molar-refractivity contribution is 0.604. The highest BCUT2D eigenvalue weighted by molar-refractivity contribution is 5.16. The van der Waals surface area contributed by atoms with Gasteiger partial charge in [-0.25, -0.2) is 0 Å². The van der Waals surface area contributed by atoms with E-state index in [0.29, 0.717) is 0 Å². The highest BCUT2D eigenvalue weighted by Gasteiger charge is 2.13. The minimum absolute atomic E-state index is 0.00986. The maximum absolute atomic E-state index is 11.2. The standard InChI is InChI=1S/2C9H12N2O/c2*1-11-8-5-3-2-4-7(8)10-6-9(11)12/h2*6H,2-5H2,1H3. The maximum atomic E-state index is 11.2. The average molecular weight is 328 g/mol. The minimum atomic E-state index is 0.00986. The van der Waals surface area contributed by atoms with Crippen LogP contribution in [0.3, 0.4) is 0 Å². The molecule has 2 heterocycles. The number of aromatic nitrogens is 4. The Morgan fingerprint density at radius 2 is 1.08 bits per heavy atom. The molecule has 0 radical (unpaired) electrons. The highest BCUT2D eigenvalue weighted by atomic mass is 16.1. The molecule has 0 unspecified atom stereocenters. The predicted molar refractivity (Wildman–Crippen MR) is 92.2 cm³/mol. The fourth-order valence-corrected chi connectivity index (χ4v) is 3.45. The summed E-state index contributed by atoms with van der Waals surface area (Å²) >= 11 is 0. The van der Waals surface area contributed by atoms with Crippen LogP contribution >= 0.6 is 0 Å². The number of rotatable bonds is 0. The topological polar surface area (TPSA) is 69.8 Å². The van der Waals surface area contributed by atoms with Crippen molar-refractivity contribution >= 4 is 0 Å². The lowest BCUT2D eigenvalue weighted by Gasteiger charge is -2.16. The molecule has 2 aliphatic carbocycles. The van der Waals surface area contributed by atoms with Crippen LogP contribution in [0.4, 0.5) is 0 Å². The molecule has 0 spiro atoms. The van der Waals surface area contributed by atoms with Gasteiger partial charge in [-0.2, -0.15) is 0 Å². The molecule has 0 aromatic carbocycles. The fourth-order valence-electron chi connectivity index (χ4n) is 3.45. The van der Waals surface area contributed by atoms with Gasteiger partial charge in [-0.1, -0.05) is 0 Å². The summed E-state index contributed by atoms with van der Waals surface area (Å²) < 4.78 is 3.45. The van der Waals surface area contributed by atoms with Gasteiger partial charge in [-0.15, -0.1) is 0 Å². The quantitative estimate of drug-likeness (QED) is 0.731. The van der Waals surface area contributed by atoms with E-state index in [2.05, 4.69) is 9.97 Å². The van der Waals surface area contributed by atoms with Crippen LogP contribution < -0.4 is 11.1 Å². The predicted octanol–water partition coefficient (Wildman–Crippen LogP) is 1.32. The molecule has 6 nitrogen and oxygen atoms in total. The second-order valence-electron chi connectivity index (χ2n) is 6.51. The lowest BCUT2D eigenvalue weighted by Crippen LogP contribution is -2.24. The van der Waals surface area contributed by atoms with E-state index < -0.39 is 0 Å². The van der Waals surface area contributed by atoms with Gasteiger partial charge in [0, 0.05) is 25.5 Å². The third-order valence-electron chi connectivity index (χ3n) is 4.95. The van der Waals surface area contributed by atoms with Crippen LogP contribution in [0.2, 0.25) is 0 Å². The fraction of sp³-hybridized carbons (Fsp3) is 0.556. The molecule has 24 heavy (non-hydrogen) atoms. The third-order valence-corrected chi connectivity index (χ3v) is 4.95. The first kappa shape index (κ1) is 16.6. The zero-order chi connectivity index (χ0) is 17.1. The molecule has 0 N–H and O–H groups in total. The highest BCUT2D eigenvalue weighted by Crippen LogP contribution is 2.17. The molecule has 0 saturated carbocycles. The first-order valence-corrected chi connectivity index (χ1v) is 8.65. The van der Waals surface area contributed by atoms with E-state index in [-0.39, 0.29) is 11.1 Å². The zero-order valence-corrected chi connectivity index (χ0v) is 14.4. The molecule has 0 fully saturated rings. The molecule has 2 aliphatic rings. The monoisotopic (exact) mass is 328 g/mol. The Morgan fingerprint density at radius 3 is 1.50 bits per heavy atom. The third kappa shape index (κ3) is 3.32. The maximum Gasteiger partial charge on any atom is 0.268 e. The second-order valence-corrected chi connectivity index (χ2v) is 6.51. The Hall–Kier alpha value is -2.24. The Morgan fingerprint density at radius 1 is 0.708 bits per heavy atom. The van der Waals surface area contributed by atoms with Crippen LogP contribution in [0.5, 0.6) is 0 Å². The molecule has 2 aromatic rings. The molecule has 0 bridgehead atoms. The summed E-state index contributed by atoms with van der Waals surface area (Å²) in [6.45, 7) is 0. The van der Waals surface area contributed by atoms with Crippen LogP contribution in [0.1, 0.15) is 48.5 Å². The van der Waals surface area contributed by atoms with E-state index in [9.17, 15) is 9.59 Å². The van der Waals surface area contributed by atoms with Crippen LogP contribution in [-0.2, 0) is 39.8 Å². The van der Waals surface area contributed by atoms with Crippen LogP contribution in [0, 0.1) is 0 Å². The smallest absolute Gasteiger partial charge is 0.268 e. The van der Waals surface area contributed by atoms with Crippen molar-refractivity contribution in [3.8, 4) is 0 Å². The molecule has 2 aromatic heterocycles. The molecule has 0 amide bonds. The van der Waals surface area contributed by atoms with Crippen molar-refractivity contribution < 1.29 is 0 Å². The Kier molecular flexibility index (Phi) is 4.92. The van der Waals surface area contributed by atoms with E-state index in [1.807, 2.05) is 14.1 Å². The van der Waals surface area contributed by atoms with Gasteiger partial charge in [0.25, 0.3) is 11.1 Å². The Labute approximate surface area is 141 Å². The van der Waals surface area contributed by atoms with Crippen molar-refractivity contribution in [3.05, 3.63) is 55.9 Å². The van der Waals surface area contributed by atoms with Crippen LogP contribution in [0.15, 0.2) is 22.0 Å². The van der Waals surface area contributed by atoms with Gasteiger partial charge in [0.05, 0.1) is 23.8 Å². The molecule has 0 aliphatic heterocycles. The minimum Gasteiger partial charge on any atom is -0.313 e. The van der Waals surface area contributed by atoms with Crippen molar-refractivity contribution in [3.63, 3.8) is 0 Å². The van der Waals surface area contributed by atoms with Crippen LogP contribution in [-0.4, -0.2) is 19.1 Å². The summed E-state index contributed by atoms with van der Waals surface area (Å²) in [4.78, 5) is 30.7. The number of aryl methyl sites for hydroxylation is 2. The van der Waals surface area contributed by atoms with E-state index >= 15 is 0 Å². The van der Waals surface area contributed by atoms with Gasteiger partial charge in [0.2, 0.25) is 0 Å². The van der Waals surface area contributed by atoms with Gasteiger partial charge in [-0.3, -0.25) is 19.6 Å². The van der Waals surface area contributed by atoms with Crippen molar-refractivity contribution in [2.24, 2.45) is 14.1 Å². The second kappa shape index (κ2) is 7.11. The summed E-state index contributed by atoms with van der Waals surface area (Å²) in [6, 6.07) is 0. The lowest BCUT2D eigenvalue weighted by atomic mass is 10.0. The number of nitrogens with zero attached hydrogens (tertiary/aromatic N) is 4. The van der Waals surface area contributed by atoms with E-state index in [0.717, 1.165) is 48.5 Å². The van der Waals surface area contributed by atoms with Crippen molar-refractivity contribution in [2.45, 2.75) is 51.4 Å². The average Bonchev–Trinajstić information content (AvgIpc) is 2.62. The summed E-state index contributed by atoms with van der Waals surface area (Å²) in [5.74, 6) is 0. The van der Waals surface area contributed by atoms with Crippen molar-refractivity contribution in [2.75, 3.05) is 0 Å². The van der Waals surface area contributed by atoms with E-state index in [1.165, 1.54) is 38.1 Å². The van der Waals surface area contributed by atoms with E-state index in [4.69, 9.17) is 0 Å². The van der Waals surface area contributed by atoms with E-state index in [1.54, 1.807) is 9.13 Å². The molecule has 0 atom stereocenters. The van der Waals surface area contributed by atoms with Gasteiger partial charge >= 0.3 is 0 Å². The van der Waals surface area contributed by atoms with Gasteiger partial charge < -0.3 is 9.13 Å². The molecule has 6 heteroatoms. The van der Waals surface area contributed by atoms with Gasteiger partial charge in [0.15, 0.2) is 0 Å². The first-order valence-electron chi connectivity index (χ1n) is 8.65. The summed E-state index contributed by atoms with van der Waals surface area (Å²) in [5, 5.41) is 0. The molecule has 0 saturated heterocycles. The number of fused-ring (bicyclic) bond motifs is 2. The number of hydrogen-bond donors (Lipinski definition) is 0. The SMILES string of the molecule is Cn1c2c(ncc1=O)CCCC2.Cn1c2c(ncc1=O)CCCC2.